The average Bonchev–Trinajstić information content (AvgIpc) is 2.79. The molecule has 32 heavy (non-hydrogen) atoms. The topological polar surface area (TPSA) is 103 Å². The maximum Gasteiger partial charge on any atom is 0.269 e. The van der Waals surface area contributed by atoms with Crippen molar-refractivity contribution in [2.24, 2.45) is 0 Å². The molecular weight excluding hydrogens is 414 g/mol. The van der Waals surface area contributed by atoms with Gasteiger partial charge in [-0.05, 0) is 51.1 Å². The molecule has 1 aliphatic heterocycles. The van der Waals surface area contributed by atoms with Crippen LogP contribution in [0.25, 0.3) is 0 Å². The van der Waals surface area contributed by atoms with Gasteiger partial charge in [0.1, 0.15) is 5.75 Å². The van der Waals surface area contributed by atoms with Crippen LogP contribution in [0.3, 0.4) is 0 Å². The standard InChI is InChI=1S/C23H29N3O6/c1-23(2,22(27)24-12-5-13-25-14-16-30-17-15-25)32-21-7-4-3-6-20(21)31-19-10-8-18(9-11-19)26(28)29/h3-4,6-11H,5,12-17H2,1-2H3,(H,24,27). The first-order valence-corrected chi connectivity index (χ1v) is 10.6. The molecule has 2 aromatic carbocycles. The van der Waals surface area contributed by atoms with Gasteiger partial charge < -0.3 is 19.5 Å². The Morgan fingerprint density at radius 3 is 2.44 bits per heavy atom. The Hall–Kier alpha value is -3.17. The van der Waals surface area contributed by atoms with Gasteiger partial charge >= 0.3 is 0 Å². The van der Waals surface area contributed by atoms with Crippen molar-refractivity contribution >= 4 is 11.6 Å². The zero-order valence-electron chi connectivity index (χ0n) is 18.4. The number of nitro groups is 1. The molecule has 0 saturated carbocycles. The fourth-order valence-corrected chi connectivity index (χ4v) is 3.25. The third-order valence-corrected chi connectivity index (χ3v) is 5.08. The molecule has 9 heteroatoms. The summed E-state index contributed by atoms with van der Waals surface area (Å²) in [7, 11) is 0. The lowest BCUT2D eigenvalue weighted by Crippen LogP contribution is -2.47. The first kappa shape index (κ1) is 23.5. The van der Waals surface area contributed by atoms with E-state index in [1.165, 1.54) is 24.3 Å². The molecule has 0 spiro atoms. The molecule has 0 unspecified atom stereocenters. The van der Waals surface area contributed by atoms with Crippen LogP contribution in [-0.2, 0) is 9.53 Å². The molecule has 9 nitrogen and oxygen atoms in total. The van der Waals surface area contributed by atoms with E-state index in [2.05, 4.69) is 10.2 Å². The number of hydrogen-bond acceptors (Lipinski definition) is 7. The molecule has 0 radical (unpaired) electrons. The summed E-state index contributed by atoms with van der Waals surface area (Å²) in [5.41, 5.74) is -1.14. The van der Waals surface area contributed by atoms with Crippen LogP contribution in [0.2, 0.25) is 0 Å². The predicted molar refractivity (Wildman–Crippen MR) is 119 cm³/mol. The second-order valence-electron chi connectivity index (χ2n) is 7.98. The van der Waals surface area contributed by atoms with Gasteiger partial charge in [-0.2, -0.15) is 0 Å². The number of hydrogen-bond donors (Lipinski definition) is 1. The van der Waals surface area contributed by atoms with E-state index in [4.69, 9.17) is 14.2 Å². The molecule has 1 amide bonds. The van der Waals surface area contributed by atoms with Crippen LogP contribution in [0, 0.1) is 10.1 Å². The third-order valence-electron chi connectivity index (χ3n) is 5.08. The molecule has 172 valence electrons. The summed E-state index contributed by atoms with van der Waals surface area (Å²) in [5.74, 6) is 1.02. The highest BCUT2D eigenvalue weighted by atomic mass is 16.6. The molecule has 1 N–H and O–H groups in total. The quantitative estimate of drug-likeness (QED) is 0.341. The number of rotatable bonds is 10. The van der Waals surface area contributed by atoms with Gasteiger partial charge in [0.25, 0.3) is 11.6 Å². The second kappa shape index (κ2) is 10.9. The smallest absolute Gasteiger partial charge is 0.269 e. The van der Waals surface area contributed by atoms with Crippen molar-refractivity contribution in [2.45, 2.75) is 25.9 Å². The number of para-hydroxylation sites is 2. The van der Waals surface area contributed by atoms with Crippen molar-refractivity contribution in [3.05, 3.63) is 58.6 Å². The highest BCUT2D eigenvalue weighted by Crippen LogP contribution is 2.34. The van der Waals surface area contributed by atoms with Gasteiger partial charge in [-0.1, -0.05) is 12.1 Å². The van der Waals surface area contributed by atoms with Crippen LogP contribution in [-0.4, -0.2) is 60.7 Å². The van der Waals surface area contributed by atoms with Crippen LogP contribution in [0.5, 0.6) is 17.2 Å². The summed E-state index contributed by atoms with van der Waals surface area (Å²) in [5, 5.41) is 13.8. The summed E-state index contributed by atoms with van der Waals surface area (Å²) in [6.45, 7) is 8.24. The number of carbonyl (C=O) groups excluding carboxylic acids is 1. The molecule has 0 aromatic heterocycles. The minimum absolute atomic E-state index is 0.0201. The van der Waals surface area contributed by atoms with Gasteiger partial charge in [-0.3, -0.25) is 19.8 Å². The molecular formula is C23H29N3O6. The third kappa shape index (κ3) is 6.66. The number of nitro benzene ring substituents is 1. The minimum Gasteiger partial charge on any atom is -0.474 e. The van der Waals surface area contributed by atoms with Crippen LogP contribution in [0.1, 0.15) is 20.3 Å². The van der Waals surface area contributed by atoms with Crippen molar-refractivity contribution in [3.8, 4) is 17.2 Å². The number of nitrogens with one attached hydrogen (secondary N) is 1. The number of amides is 1. The largest absolute Gasteiger partial charge is 0.474 e. The number of nitrogens with zero attached hydrogens (tertiary/aromatic N) is 2. The van der Waals surface area contributed by atoms with Crippen molar-refractivity contribution in [1.29, 1.82) is 0 Å². The number of benzene rings is 2. The Morgan fingerprint density at radius 1 is 1.12 bits per heavy atom. The Balaban J connectivity index is 1.55. The van der Waals surface area contributed by atoms with Gasteiger partial charge in [0, 0.05) is 31.8 Å². The van der Waals surface area contributed by atoms with Crippen LogP contribution < -0.4 is 14.8 Å². The lowest BCUT2D eigenvalue weighted by Gasteiger charge is -2.28. The predicted octanol–water partition coefficient (Wildman–Crippen LogP) is 3.38. The first-order valence-electron chi connectivity index (χ1n) is 10.6. The molecule has 1 fully saturated rings. The molecule has 3 rings (SSSR count). The Morgan fingerprint density at radius 2 is 1.78 bits per heavy atom. The normalized spacial score (nSPS) is 14.6. The molecule has 1 heterocycles. The van der Waals surface area contributed by atoms with Gasteiger partial charge in [-0.25, -0.2) is 0 Å². The Kier molecular flexibility index (Phi) is 8.02. The summed E-state index contributed by atoms with van der Waals surface area (Å²) < 4.78 is 17.2. The number of morpholine rings is 1. The van der Waals surface area contributed by atoms with Gasteiger partial charge in [0.15, 0.2) is 17.1 Å². The van der Waals surface area contributed by atoms with E-state index in [1.807, 2.05) is 0 Å². The van der Waals surface area contributed by atoms with Gasteiger partial charge in [0.05, 0.1) is 18.1 Å². The summed E-state index contributed by atoms with van der Waals surface area (Å²) >= 11 is 0. The summed E-state index contributed by atoms with van der Waals surface area (Å²) in [6.07, 6.45) is 0.849. The van der Waals surface area contributed by atoms with Gasteiger partial charge in [0.2, 0.25) is 0 Å². The van der Waals surface area contributed by atoms with Crippen molar-refractivity contribution in [1.82, 2.24) is 10.2 Å². The zero-order chi connectivity index (χ0) is 23.0. The summed E-state index contributed by atoms with van der Waals surface area (Å²) in [4.78, 5) is 25.4. The minimum atomic E-state index is -1.12. The highest BCUT2D eigenvalue weighted by molar-refractivity contribution is 5.84. The maximum absolute atomic E-state index is 12.7. The fourth-order valence-electron chi connectivity index (χ4n) is 3.25. The average molecular weight is 444 g/mol. The molecule has 2 aromatic rings. The summed E-state index contributed by atoms with van der Waals surface area (Å²) in [6, 6.07) is 12.8. The van der Waals surface area contributed by atoms with Crippen molar-refractivity contribution in [2.75, 3.05) is 39.4 Å². The van der Waals surface area contributed by atoms with Gasteiger partial charge in [-0.15, -0.1) is 0 Å². The number of carbonyl (C=O) groups is 1. The van der Waals surface area contributed by atoms with E-state index in [-0.39, 0.29) is 11.6 Å². The number of non-ortho nitro benzene ring substituents is 1. The fraction of sp³-hybridized carbons (Fsp3) is 0.435. The Bertz CT molecular complexity index is 910. The van der Waals surface area contributed by atoms with Crippen LogP contribution >= 0.6 is 0 Å². The molecule has 0 atom stereocenters. The van der Waals surface area contributed by atoms with Crippen molar-refractivity contribution in [3.63, 3.8) is 0 Å². The van der Waals surface area contributed by atoms with E-state index in [0.717, 1.165) is 39.3 Å². The molecule has 0 aliphatic carbocycles. The number of ether oxygens (including phenoxy) is 3. The van der Waals surface area contributed by atoms with Crippen molar-refractivity contribution < 1.29 is 23.9 Å². The highest BCUT2D eigenvalue weighted by Gasteiger charge is 2.30. The van der Waals surface area contributed by atoms with E-state index in [9.17, 15) is 14.9 Å². The van der Waals surface area contributed by atoms with Crippen LogP contribution in [0.15, 0.2) is 48.5 Å². The lowest BCUT2D eigenvalue weighted by atomic mass is 10.1. The van der Waals surface area contributed by atoms with E-state index < -0.39 is 10.5 Å². The second-order valence-corrected chi connectivity index (χ2v) is 7.98. The monoisotopic (exact) mass is 443 g/mol. The van der Waals surface area contributed by atoms with E-state index >= 15 is 0 Å². The molecule has 1 saturated heterocycles. The maximum atomic E-state index is 12.7. The van der Waals surface area contributed by atoms with E-state index in [0.29, 0.717) is 23.8 Å². The molecule has 0 bridgehead atoms. The zero-order valence-corrected chi connectivity index (χ0v) is 18.4. The molecule has 1 aliphatic rings. The SMILES string of the molecule is CC(C)(Oc1ccccc1Oc1ccc([N+](=O)[O-])cc1)C(=O)NCCCN1CCOCC1. The van der Waals surface area contributed by atoms with Crippen LogP contribution in [0.4, 0.5) is 5.69 Å². The first-order chi connectivity index (χ1) is 15.3. The van der Waals surface area contributed by atoms with E-state index in [1.54, 1.807) is 38.1 Å². The Labute approximate surface area is 187 Å². The lowest BCUT2D eigenvalue weighted by molar-refractivity contribution is -0.384.